The van der Waals surface area contributed by atoms with Gasteiger partial charge in [-0.25, -0.2) is 9.97 Å². The van der Waals surface area contributed by atoms with Crippen molar-refractivity contribution in [2.75, 3.05) is 0 Å². The van der Waals surface area contributed by atoms with E-state index in [-0.39, 0.29) is 0 Å². The average Bonchev–Trinajstić information content (AvgIpc) is 2.81. The van der Waals surface area contributed by atoms with Gasteiger partial charge in [0.1, 0.15) is 17.7 Å². The van der Waals surface area contributed by atoms with E-state index in [0.717, 1.165) is 27.9 Å². The van der Waals surface area contributed by atoms with E-state index in [1.807, 2.05) is 37.3 Å². The fourth-order valence-electron chi connectivity index (χ4n) is 2.00. The first-order valence-corrected chi connectivity index (χ1v) is 6.18. The molecule has 0 N–H and O–H groups in total. The van der Waals surface area contributed by atoms with Crippen LogP contribution in [0.5, 0.6) is 0 Å². The summed E-state index contributed by atoms with van der Waals surface area (Å²) < 4.78 is 5.52. The summed E-state index contributed by atoms with van der Waals surface area (Å²) >= 11 is 5.80. The summed E-state index contributed by atoms with van der Waals surface area (Å²) in [7, 11) is 0. The van der Waals surface area contributed by atoms with Crippen LogP contribution in [0.3, 0.4) is 0 Å². The van der Waals surface area contributed by atoms with Gasteiger partial charge in [-0.3, -0.25) is 0 Å². The van der Waals surface area contributed by atoms with Crippen LogP contribution in [-0.4, -0.2) is 9.97 Å². The lowest BCUT2D eigenvalue weighted by atomic mass is 10.1. The van der Waals surface area contributed by atoms with E-state index in [9.17, 15) is 0 Å². The molecule has 3 aromatic rings. The lowest BCUT2D eigenvalue weighted by Crippen LogP contribution is -1.96. The lowest BCUT2D eigenvalue weighted by Gasteiger charge is -2.02. The maximum atomic E-state index is 5.80. The molecule has 18 heavy (non-hydrogen) atoms. The summed E-state index contributed by atoms with van der Waals surface area (Å²) in [5.74, 6) is 0.946. The van der Waals surface area contributed by atoms with Crippen molar-refractivity contribution in [3.8, 4) is 11.3 Å². The Hall–Kier alpha value is -1.87. The van der Waals surface area contributed by atoms with E-state index < -0.39 is 0 Å². The fraction of sp³-hybridized carbons (Fsp3) is 0.143. The zero-order valence-corrected chi connectivity index (χ0v) is 10.6. The predicted octanol–water partition coefficient (Wildman–Crippen LogP) is 3.94. The van der Waals surface area contributed by atoms with E-state index in [0.29, 0.717) is 11.7 Å². The third kappa shape index (κ3) is 1.87. The molecule has 0 fully saturated rings. The van der Waals surface area contributed by atoms with Crippen LogP contribution in [0.25, 0.3) is 22.2 Å². The van der Waals surface area contributed by atoms with Gasteiger partial charge >= 0.3 is 0 Å². The van der Waals surface area contributed by atoms with Crippen molar-refractivity contribution in [3.63, 3.8) is 0 Å². The van der Waals surface area contributed by atoms with E-state index in [2.05, 4.69) is 9.97 Å². The molecular formula is C14H11ClN2O. The molecule has 0 aliphatic carbocycles. The molecule has 0 amide bonds. The van der Waals surface area contributed by atoms with Gasteiger partial charge in [0.2, 0.25) is 0 Å². The lowest BCUT2D eigenvalue weighted by molar-refractivity contribution is 0.616. The number of rotatable bonds is 2. The number of furan rings is 1. The van der Waals surface area contributed by atoms with Gasteiger partial charge in [-0.1, -0.05) is 18.2 Å². The van der Waals surface area contributed by atoms with Crippen molar-refractivity contribution >= 4 is 22.6 Å². The van der Waals surface area contributed by atoms with E-state index in [4.69, 9.17) is 16.0 Å². The smallest absolute Gasteiger partial charge is 0.143 e. The molecule has 0 atom stereocenters. The van der Waals surface area contributed by atoms with E-state index in [1.165, 1.54) is 0 Å². The van der Waals surface area contributed by atoms with Crippen LogP contribution < -0.4 is 0 Å². The highest BCUT2D eigenvalue weighted by molar-refractivity contribution is 6.16. The fourth-order valence-corrected chi connectivity index (χ4v) is 2.12. The zero-order chi connectivity index (χ0) is 12.5. The van der Waals surface area contributed by atoms with Crippen molar-refractivity contribution in [3.05, 3.63) is 48.1 Å². The Morgan fingerprint density at radius 1 is 1.22 bits per heavy atom. The number of hydrogen-bond acceptors (Lipinski definition) is 3. The first-order valence-electron chi connectivity index (χ1n) is 5.65. The van der Waals surface area contributed by atoms with Crippen molar-refractivity contribution in [1.29, 1.82) is 0 Å². The molecule has 0 aliphatic heterocycles. The van der Waals surface area contributed by atoms with E-state index >= 15 is 0 Å². The number of nitrogens with zero attached hydrogens (tertiary/aromatic N) is 2. The third-order valence-electron chi connectivity index (χ3n) is 2.78. The summed E-state index contributed by atoms with van der Waals surface area (Å²) in [6, 6.07) is 9.83. The number of aromatic nitrogens is 2. The van der Waals surface area contributed by atoms with Crippen molar-refractivity contribution in [2.45, 2.75) is 12.8 Å². The second-order valence-electron chi connectivity index (χ2n) is 4.09. The van der Waals surface area contributed by atoms with Crippen LogP contribution in [-0.2, 0) is 5.88 Å². The van der Waals surface area contributed by atoms with E-state index in [1.54, 1.807) is 6.26 Å². The van der Waals surface area contributed by atoms with Gasteiger partial charge in [-0.15, -0.1) is 11.6 Å². The summed E-state index contributed by atoms with van der Waals surface area (Å²) in [4.78, 5) is 8.71. The second kappa shape index (κ2) is 4.42. The Morgan fingerprint density at radius 3 is 2.89 bits per heavy atom. The number of halogens is 1. The van der Waals surface area contributed by atoms with Gasteiger partial charge in [0.25, 0.3) is 0 Å². The molecule has 4 heteroatoms. The Morgan fingerprint density at radius 2 is 2.06 bits per heavy atom. The number of fused-ring (bicyclic) bond motifs is 1. The van der Waals surface area contributed by atoms with Gasteiger partial charge < -0.3 is 4.42 Å². The number of alkyl halides is 1. The Balaban J connectivity index is 2.22. The van der Waals surface area contributed by atoms with Gasteiger partial charge in [-0.05, 0) is 19.1 Å². The molecule has 0 bridgehead atoms. The molecular weight excluding hydrogens is 248 g/mol. The van der Waals surface area contributed by atoms with Crippen LogP contribution in [0.1, 0.15) is 11.5 Å². The minimum atomic E-state index is 0.310. The Bertz CT molecular complexity index is 706. The molecule has 90 valence electrons. The minimum absolute atomic E-state index is 0.310. The molecule has 3 nitrogen and oxygen atoms in total. The predicted molar refractivity (Wildman–Crippen MR) is 71.5 cm³/mol. The summed E-state index contributed by atoms with van der Waals surface area (Å²) in [5.41, 5.74) is 3.59. The molecule has 2 heterocycles. The summed E-state index contributed by atoms with van der Waals surface area (Å²) in [5, 5.41) is 1.05. The van der Waals surface area contributed by atoms with Gasteiger partial charge in [0.05, 0.1) is 11.6 Å². The first kappa shape index (κ1) is 11.2. The molecule has 0 spiro atoms. The molecule has 0 saturated heterocycles. The minimum Gasteiger partial charge on any atom is -0.464 e. The van der Waals surface area contributed by atoms with Gasteiger partial charge in [0, 0.05) is 16.6 Å². The molecule has 2 aromatic heterocycles. The van der Waals surface area contributed by atoms with Crippen LogP contribution in [0, 0.1) is 6.92 Å². The Kier molecular flexibility index (Phi) is 2.76. The summed E-state index contributed by atoms with van der Waals surface area (Å²) in [6.45, 7) is 1.93. The Labute approximate surface area is 109 Å². The number of para-hydroxylation sites is 1. The maximum absolute atomic E-state index is 5.80. The van der Waals surface area contributed by atoms with Crippen molar-refractivity contribution in [1.82, 2.24) is 9.97 Å². The normalized spacial score (nSPS) is 11.0. The van der Waals surface area contributed by atoms with Crippen LogP contribution in [0.2, 0.25) is 0 Å². The molecule has 0 saturated carbocycles. The molecule has 0 unspecified atom stereocenters. The number of hydrogen-bond donors (Lipinski definition) is 0. The van der Waals surface area contributed by atoms with Crippen molar-refractivity contribution < 1.29 is 4.42 Å². The molecule has 0 radical (unpaired) electrons. The van der Waals surface area contributed by atoms with Crippen LogP contribution in [0.15, 0.2) is 41.0 Å². The van der Waals surface area contributed by atoms with Crippen LogP contribution >= 0.6 is 11.6 Å². The maximum Gasteiger partial charge on any atom is 0.143 e. The molecule has 0 aliphatic rings. The highest BCUT2D eigenvalue weighted by atomic mass is 35.5. The third-order valence-corrected chi connectivity index (χ3v) is 3.02. The second-order valence-corrected chi connectivity index (χ2v) is 4.36. The molecule has 3 rings (SSSR count). The SMILES string of the molecule is Cc1cc(-c2coc3ccccc23)nc(CCl)n1. The standard InChI is InChI=1S/C14H11ClN2O/c1-9-6-12(17-14(7-15)16-9)11-8-18-13-5-3-2-4-10(11)13/h2-6,8H,7H2,1H3. The first-order chi connectivity index (χ1) is 8.78. The number of benzene rings is 1. The van der Waals surface area contributed by atoms with Crippen LogP contribution in [0.4, 0.5) is 0 Å². The monoisotopic (exact) mass is 258 g/mol. The summed E-state index contributed by atoms with van der Waals surface area (Å²) in [6.07, 6.45) is 1.73. The average molecular weight is 259 g/mol. The molecule has 1 aromatic carbocycles. The quantitative estimate of drug-likeness (QED) is 0.654. The number of aryl methyl sites for hydroxylation is 1. The van der Waals surface area contributed by atoms with Crippen molar-refractivity contribution in [2.24, 2.45) is 0 Å². The topological polar surface area (TPSA) is 38.9 Å². The van der Waals surface area contributed by atoms with Gasteiger partial charge in [0.15, 0.2) is 0 Å². The largest absolute Gasteiger partial charge is 0.464 e. The van der Waals surface area contributed by atoms with Gasteiger partial charge in [-0.2, -0.15) is 0 Å². The highest BCUT2D eigenvalue weighted by Gasteiger charge is 2.10. The highest BCUT2D eigenvalue weighted by Crippen LogP contribution is 2.29. The zero-order valence-electron chi connectivity index (χ0n) is 9.85.